The van der Waals surface area contributed by atoms with Crippen LogP contribution in [0.1, 0.15) is 18.5 Å². The second-order valence-electron chi connectivity index (χ2n) is 3.21. The molecule has 0 radical (unpaired) electrons. The molecule has 1 atom stereocenters. The highest BCUT2D eigenvalue weighted by Gasteiger charge is 2.16. The molecule has 15 heavy (non-hydrogen) atoms. The molecule has 80 valence electrons. The van der Waals surface area contributed by atoms with E-state index in [1.165, 1.54) is 12.1 Å². The van der Waals surface area contributed by atoms with E-state index in [1.807, 2.05) is 0 Å². The third kappa shape index (κ3) is 2.75. The second kappa shape index (κ2) is 4.38. The van der Waals surface area contributed by atoms with Crippen molar-refractivity contribution in [3.63, 3.8) is 0 Å². The van der Waals surface area contributed by atoms with E-state index >= 15 is 0 Å². The van der Waals surface area contributed by atoms with Gasteiger partial charge >= 0.3 is 0 Å². The first kappa shape index (κ1) is 11.6. The zero-order valence-electron chi connectivity index (χ0n) is 8.47. The van der Waals surface area contributed by atoms with Crippen molar-refractivity contribution in [2.45, 2.75) is 17.9 Å². The van der Waals surface area contributed by atoms with Crippen LogP contribution in [0.2, 0.25) is 0 Å². The lowest BCUT2D eigenvalue weighted by atomic mass is 10.1. The van der Waals surface area contributed by atoms with E-state index in [2.05, 4.69) is 4.99 Å². The summed E-state index contributed by atoms with van der Waals surface area (Å²) in [5.74, 6) is 0. The highest BCUT2D eigenvalue weighted by atomic mass is 32.2. The molecule has 0 fully saturated rings. The Balaban J connectivity index is 3.36. The van der Waals surface area contributed by atoms with Gasteiger partial charge in [-0.3, -0.25) is 0 Å². The Hall–Kier alpha value is -1.45. The summed E-state index contributed by atoms with van der Waals surface area (Å²) in [5.41, 5.74) is 0.517. The molecule has 0 aliphatic heterocycles. The molecular weight excluding hydrogens is 214 g/mol. The minimum atomic E-state index is -3.29. The smallest absolute Gasteiger partial charge is 0.224 e. The zero-order valence-corrected chi connectivity index (χ0v) is 9.28. The lowest BCUT2D eigenvalue weighted by Gasteiger charge is -2.09. The Morgan fingerprint density at radius 3 is 2.47 bits per heavy atom. The van der Waals surface area contributed by atoms with E-state index < -0.39 is 15.9 Å². The fraction of sp³-hybridized carbons (Fsp3) is 0.300. The molecule has 0 saturated heterocycles. The van der Waals surface area contributed by atoms with E-state index in [4.69, 9.17) is 0 Å². The van der Waals surface area contributed by atoms with Gasteiger partial charge in [-0.2, -0.15) is 4.99 Å². The monoisotopic (exact) mass is 225 g/mol. The molecule has 0 N–H and O–H groups in total. The van der Waals surface area contributed by atoms with Gasteiger partial charge in [-0.15, -0.1) is 0 Å². The minimum Gasteiger partial charge on any atom is -0.224 e. The summed E-state index contributed by atoms with van der Waals surface area (Å²) < 4.78 is 22.8. The first-order valence-corrected chi connectivity index (χ1v) is 6.22. The molecule has 1 unspecified atom stereocenters. The molecular formula is C10H11NO3S. The van der Waals surface area contributed by atoms with Gasteiger partial charge in [-0.25, -0.2) is 13.2 Å². The maximum Gasteiger partial charge on any atom is 0.235 e. The van der Waals surface area contributed by atoms with E-state index in [9.17, 15) is 13.2 Å². The number of isocyanates is 1. The first-order valence-electron chi connectivity index (χ1n) is 4.33. The molecule has 1 rings (SSSR count). The van der Waals surface area contributed by atoms with E-state index in [-0.39, 0.29) is 4.90 Å². The minimum absolute atomic E-state index is 0.205. The van der Waals surface area contributed by atoms with Crippen LogP contribution in [0.15, 0.2) is 34.2 Å². The average Bonchev–Trinajstić information content (AvgIpc) is 2.17. The fourth-order valence-electron chi connectivity index (χ4n) is 1.31. The van der Waals surface area contributed by atoms with Crippen LogP contribution in [-0.4, -0.2) is 20.8 Å². The van der Waals surface area contributed by atoms with Crippen molar-refractivity contribution in [2.24, 2.45) is 4.99 Å². The van der Waals surface area contributed by atoms with Crippen molar-refractivity contribution in [3.8, 4) is 0 Å². The summed E-state index contributed by atoms with van der Waals surface area (Å²) in [6, 6.07) is 6.00. The van der Waals surface area contributed by atoms with Crippen molar-refractivity contribution in [3.05, 3.63) is 29.8 Å². The third-order valence-corrected chi connectivity index (χ3v) is 3.19. The molecule has 0 aromatic heterocycles. The van der Waals surface area contributed by atoms with Gasteiger partial charge in [0.25, 0.3) is 0 Å². The topological polar surface area (TPSA) is 63.6 Å². The first-order chi connectivity index (χ1) is 6.96. The maximum atomic E-state index is 11.4. The van der Waals surface area contributed by atoms with Crippen LogP contribution in [0.25, 0.3) is 0 Å². The predicted octanol–water partition coefficient (Wildman–Crippen LogP) is 1.49. The Morgan fingerprint density at radius 1 is 1.33 bits per heavy atom. The van der Waals surface area contributed by atoms with Gasteiger partial charge in [0, 0.05) is 6.26 Å². The molecule has 0 spiro atoms. The van der Waals surface area contributed by atoms with Gasteiger partial charge in [-0.05, 0) is 18.6 Å². The van der Waals surface area contributed by atoms with E-state index in [0.717, 1.165) is 6.26 Å². The summed E-state index contributed by atoms with van der Waals surface area (Å²) >= 11 is 0. The quantitative estimate of drug-likeness (QED) is 0.578. The molecule has 0 bridgehead atoms. The summed E-state index contributed by atoms with van der Waals surface area (Å²) in [5, 5.41) is 0. The van der Waals surface area contributed by atoms with Crippen LogP contribution in [0.3, 0.4) is 0 Å². The lowest BCUT2D eigenvalue weighted by molar-refractivity contribution is 0.558. The highest BCUT2D eigenvalue weighted by Crippen LogP contribution is 2.24. The van der Waals surface area contributed by atoms with Gasteiger partial charge in [-0.1, -0.05) is 18.2 Å². The third-order valence-electron chi connectivity index (χ3n) is 2.01. The van der Waals surface area contributed by atoms with Crippen LogP contribution in [-0.2, 0) is 14.6 Å². The number of sulfone groups is 1. The van der Waals surface area contributed by atoms with Gasteiger partial charge in [0.15, 0.2) is 9.84 Å². The number of hydrogen-bond donors (Lipinski definition) is 0. The van der Waals surface area contributed by atoms with Crippen LogP contribution in [0, 0.1) is 0 Å². The van der Waals surface area contributed by atoms with Crippen LogP contribution in [0.4, 0.5) is 0 Å². The number of benzene rings is 1. The average molecular weight is 225 g/mol. The number of hydrogen-bond acceptors (Lipinski definition) is 4. The number of carbonyl (C=O) groups excluding carboxylic acids is 1. The van der Waals surface area contributed by atoms with Gasteiger partial charge in [0.05, 0.1) is 10.9 Å². The SMILES string of the molecule is CC(N=C=O)c1ccccc1S(C)(=O)=O. The second-order valence-corrected chi connectivity index (χ2v) is 5.19. The van der Waals surface area contributed by atoms with Crippen molar-refractivity contribution >= 4 is 15.9 Å². The maximum absolute atomic E-state index is 11.4. The molecule has 4 nitrogen and oxygen atoms in total. The predicted molar refractivity (Wildman–Crippen MR) is 56.1 cm³/mol. The molecule has 0 aliphatic rings. The Bertz CT molecular complexity index is 501. The summed E-state index contributed by atoms with van der Waals surface area (Å²) in [4.78, 5) is 13.8. The molecule has 0 aliphatic carbocycles. The largest absolute Gasteiger partial charge is 0.235 e. The summed E-state index contributed by atoms with van der Waals surface area (Å²) in [6.45, 7) is 1.65. The molecule has 0 amide bonds. The molecule has 0 saturated carbocycles. The summed E-state index contributed by atoms with van der Waals surface area (Å²) in [6.07, 6.45) is 2.55. The van der Waals surface area contributed by atoms with Gasteiger partial charge in [0.2, 0.25) is 6.08 Å². The van der Waals surface area contributed by atoms with Gasteiger partial charge < -0.3 is 0 Å². The Morgan fingerprint density at radius 2 is 1.93 bits per heavy atom. The van der Waals surface area contributed by atoms with Crippen molar-refractivity contribution in [1.29, 1.82) is 0 Å². The van der Waals surface area contributed by atoms with E-state index in [1.54, 1.807) is 25.1 Å². The molecule has 5 heteroatoms. The summed E-state index contributed by atoms with van der Waals surface area (Å²) in [7, 11) is -3.29. The highest BCUT2D eigenvalue weighted by molar-refractivity contribution is 7.90. The molecule has 1 aromatic carbocycles. The fourth-order valence-corrected chi connectivity index (χ4v) is 2.30. The van der Waals surface area contributed by atoms with E-state index in [0.29, 0.717) is 5.56 Å². The van der Waals surface area contributed by atoms with Crippen molar-refractivity contribution in [2.75, 3.05) is 6.26 Å². The Kier molecular flexibility index (Phi) is 3.39. The number of rotatable bonds is 3. The zero-order chi connectivity index (χ0) is 11.5. The lowest BCUT2D eigenvalue weighted by Crippen LogP contribution is -2.03. The molecule has 1 aromatic rings. The normalized spacial score (nSPS) is 12.9. The van der Waals surface area contributed by atoms with Crippen molar-refractivity contribution in [1.82, 2.24) is 0 Å². The van der Waals surface area contributed by atoms with Gasteiger partial charge in [0.1, 0.15) is 0 Å². The van der Waals surface area contributed by atoms with Crippen LogP contribution in [0.5, 0.6) is 0 Å². The Labute approximate surface area is 88.6 Å². The van der Waals surface area contributed by atoms with Crippen LogP contribution >= 0.6 is 0 Å². The van der Waals surface area contributed by atoms with Crippen LogP contribution < -0.4 is 0 Å². The number of aliphatic imine (C=N–C) groups is 1. The van der Waals surface area contributed by atoms with Crippen molar-refractivity contribution < 1.29 is 13.2 Å². The standard InChI is InChI=1S/C10H11NO3S/c1-8(11-7-12)9-5-3-4-6-10(9)15(2,13)14/h3-6,8H,1-2H3. The molecule has 0 heterocycles. The number of nitrogens with zero attached hydrogens (tertiary/aromatic N) is 1.